The van der Waals surface area contributed by atoms with Crippen LogP contribution in [0.25, 0.3) is 0 Å². The third kappa shape index (κ3) is 2.88. The van der Waals surface area contributed by atoms with Crippen molar-refractivity contribution >= 4 is 16.8 Å². The Balaban J connectivity index is 4.32. The number of halogens is 1. The molecule has 0 aromatic heterocycles. The third-order valence-corrected chi connectivity index (χ3v) is 0.963. The van der Waals surface area contributed by atoms with Crippen molar-refractivity contribution in [1.29, 1.82) is 0 Å². The lowest BCUT2D eigenvalue weighted by atomic mass is 10.3. The van der Waals surface area contributed by atoms with Crippen LogP contribution in [-0.2, 0) is 4.79 Å². The first kappa shape index (κ1) is 8.18. The predicted octanol–water partition coefficient (Wildman–Crippen LogP) is 2.05. The molecule has 0 N–H and O–H groups in total. The summed E-state index contributed by atoms with van der Waals surface area (Å²) in [6, 6.07) is 0. The lowest BCUT2D eigenvalue weighted by Gasteiger charge is -1.86. The molecule has 0 saturated heterocycles. The van der Waals surface area contributed by atoms with Crippen molar-refractivity contribution in [2.75, 3.05) is 0 Å². The summed E-state index contributed by atoms with van der Waals surface area (Å²) in [4.78, 5) is 10.3. The lowest BCUT2D eigenvalue weighted by Crippen LogP contribution is -1.86. The molecule has 0 atom stereocenters. The minimum absolute atomic E-state index is 0.367. The zero-order valence-electron chi connectivity index (χ0n) is 4.93. The minimum atomic E-state index is -0.509. The number of rotatable bonds is 3. The Morgan fingerprint density at radius 3 is 2.11 bits per heavy atom. The van der Waals surface area contributed by atoms with Gasteiger partial charge in [0.05, 0.1) is 0 Å². The first-order valence-corrected chi connectivity index (χ1v) is 2.75. The highest BCUT2D eigenvalue weighted by molar-refractivity contribution is 6.68. The second kappa shape index (κ2) is 4.10. The van der Waals surface area contributed by atoms with Crippen molar-refractivity contribution < 1.29 is 4.79 Å². The molecule has 0 bridgehead atoms. The number of allylic oxidation sites excluding steroid dienone is 4. The van der Waals surface area contributed by atoms with E-state index in [0.717, 1.165) is 0 Å². The maximum atomic E-state index is 10.3. The number of hydrogen-bond acceptors (Lipinski definition) is 1. The Labute approximate surface area is 59.3 Å². The molecule has 0 rings (SSSR count). The number of hydrogen-bond donors (Lipinski definition) is 0. The molecule has 0 aliphatic rings. The first-order chi connectivity index (χ1) is 4.22. The van der Waals surface area contributed by atoms with Crippen LogP contribution in [0.2, 0.25) is 0 Å². The molecule has 2 heteroatoms. The van der Waals surface area contributed by atoms with Crippen molar-refractivity contribution in [3.05, 3.63) is 37.0 Å². The number of carbonyl (C=O) groups excluding carboxylic acids is 1. The van der Waals surface area contributed by atoms with E-state index in [9.17, 15) is 4.79 Å². The van der Waals surface area contributed by atoms with E-state index in [-0.39, 0.29) is 0 Å². The summed E-state index contributed by atoms with van der Waals surface area (Å²) in [6.07, 6.45) is 4.37. The van der Waals surface area contributed by atoms with E-state index in [1.165, 1.54) is 18.2 Å². The molecule has 0 aliphatic carbocycles. The van der Waals surface area contributed by atoms with Crippen LogP contribution in [0.5, 0.6) is 0 Å². The molecule has 0 spiro atoms. The van der Waals surface area contributed by atoms with Gasteiger partial charge in [-0.3, -0.25) is 4.79 Å². The summed E-state index contributed by atoms with van der Waals surface area (Å²) in [5.41, 5.74) is 0.367. The van der Waals surface area contributed by atoms with Crippen LogP contribution < -0.4 is 0 Å². The fourth-order valence-corrected chi connectivity index (χ4v) is 0.481. The van der Waals surface area contributed by atoms with E-state index in [0.29, 0.717) is 5.57 Å². The van der Waals surface area contributed by atoms with Crippen LogP contribution in [-0.4, -0.2) is 5.24 Å². The van der Waals surface area contributed by atoms with Crippen LogP contribution in [0.3, 0.4) is 0 Å². The minimum Gasteiger partial charge on any atom is -0.276 e. The molecule has 0 aromatic carbocycles. The summed E-state index contributed by atoms with van der Waals surface area (Å²) in [5.74, 6) is 0. The molecule has 0 saturated carbocycles. The average Bonchev–Trinajstić information content (AvgIpc) is 1.82. The van der Waals surface area contributed by atoms with Crippen LogP contribution in [0.1, 0.15) is 0 Å². The number of carbonyl (C=O) groups is 1. The van der Waals surface area contributed by atoms with Crippen molar-refractivity contribution in [1.82, 2.24) is 0 Å². The summed E-state index contributed by atoms with van der Waals surface area (Å²) < 4.78 is 0. The van der Waals surface area contributed by atoms with Gasteiger partial charge in [-0.2, -0.15) is 0 Å². The summed E-state index contributed by atoms with van der Waals surface area (Å²) in [6.45, 7) is 6.78. The average molecular weight is 143 g/mol. The maximum Gasteiger partial charge on any atom is 0.252 e. The van der Waals surface area contributed by atoms with E-state index in [1.807, 2.05) is 0 Å². The Morgan fingerprint density at radius 1 is 1.44 bits per heavy atom. The Hall–Kier alpha value is -0.820. The van der Waals surface area contributed by atoms with Gasteiger partial charge in [-0.15, -0.1) is 0 Å². The van der Waals surface area contributed by atoms with Crippen LogP contribution in [0, 0.1) is 0 Å². The summed E-state index contributed by atoms with van der Waals surface area (Å²) >= 11 is 5.10. The molecular formula is C7H7ClO. The topological polar surface area (TPSA) is 17.1 Å². The van der Waals surface area contributed by atoms with Gasteiger partial charge >= 0.3 is 0 Å². The maximum absolute atomic E-state index is 10.3. The van der Waals surface area contributed by atoms with Gasteiger partial charge in [0, 0.05) is 5.57 Å². The normalized spacial score (nSPS) is 10.6. The van der Waals surface area contributed by atoms with Gasteiger partial charge in [0.25, 0.3) is 5.24 Å². The van der Waals surface area contributed by atoms with Gasteiger partial charge in [-0.05, 0) is 11.6 Å². The molecular weight excluding hydrogens is 136 g/mol. The Bertz CT molecular complexity index is 168. The summed E-state index contributed by atoms with van der Waals surface area (Å²) in [7, 11) is 0. The zero-order chi connectivity index (χ0) is 7.28. The Morgan fingerprint density at radius 2 is 2.00 bits per heavy atom. The molecule has 48 valence electrons. The van der Waals surface area contributed by atoms with Gasteiger partial charge in [0.2, 0.25) is 0 Å². The lowest BCUT2D eigenvalue weighted by molar-refractivity contribution is -0.108. The Kier molecular flexibility index (Phi) is 3.72. The molecule has 0 aliphatic heterocycles. The SMILES string of the molecule is C=CC=C(C=C)C(=O)Cl. The highest BCUT2D eigenvalue weighted by Crippen LogP contribution is 2.00. The highest BCUT2D eigenvalue weighted by atomic mass is 35.5. The summed E-state index contributed by atoms with van der Waals surface area (Å²) in [5, 5.41) is -0.509. The molecule has 0 amide bonds. The molecule has 0 fully saturated rings. The van der Waals surface area contributed by atoms with E-state index < -0.39 is 5.24 Å². The first-order valence-electron chi connectivity index (χ1n) is 2.37. The standard InChI is InChI=1S/C7H7ClO/c1-3-5-6(4-2)7(8)9/h3-5H,1-2H2. The van der Waals surface area contributed by atoms with Crippen LogP contribution in [0.4, 0.5) is 0 Å². The van der Waals surface area contributed by atoms with E-state index >= 15 is 0 Å². The molecule has 1 nitrogen and oxygen atoms in total. The molecule has 9 heavy (non-hydrogen) atoms. The highest BCUT2D eigenvalue weighted by Gasteiger charge is 1.96. The smallest absolute Gasteiger partial charge is 0.252 e. The second-order valence-electron chi connectivity index (χ2n) is 1.34. The van der Waals surface area contributed by atoms with E-state index in [2.05, 4.69) is 13.2 Å². The molecule has 0 radical (unpaired) electrons. The third-order valence-electron chi connectivity index (χ3n) is 0.744. The molecule has 0 unspecified atom stereocenters. The second-order valence-corrected chi connectivity index (χ2v) is 1.68. The van der Waals surface area contributed by atoms with E-state index in [4.69, 9.17) is 11.6 Å². The fraction of sp³-hybridized carbons (Fsp3) is 0. The van der Waals surface area contributed by atoms with Crippen LogP contribution in [0.15, 0.2) is 37.0 Å². The zero-order valence-corrected chi connectivity index (χ0v) is 5.69. The molecule has 0 aromatic rings. The van der Waals surface area contributed by atoms with Gasteiger partial charge in [0.1, 0.15) is 0 Å². The van der Waals surface area contributed by atoms with Crippen LogP contribution >= 0.6 is 11.6 Å². The predicted molar refractivity (Wildman–Crippen MR) is 39.3 cm³/mol. The van der Waals surface area contributed by atoms with Crippen molar-refractivity contribution in [3.8, 4) is 0 Å². The van der Waals surface area contributed by atoms with Gasteiger partial charge in [0.15, 0.2) is 0 Å². The molecule has 0 heterocycles. The van der Waals surface area contributed by atoms with Gasteiger partial charge in [-0.1, -0.05) is 31.4 Å². The van der Waals surface area contributed by atoms with Crippen molar-refractivity contribution in [2.45, 2.75) is 0 Å². The van der Waals surface area contributed by atoms with Gasteiger partial charge < -0.3 is 0 Å². The van der Waals surface area contributed by atoms with E-state index in [1.54, 1.807) is 0 Å². The quantitative estimate of drug-likeness (QED) is 0.335. The fourth-order valence-electron chi connectivity index (χ4n) is 0.341. The van der Waals surface area contributed by atoms with Crippen molar-refractivity contribution in [2.24, 2.45) is 0 Å². The van der Waals surface area contributed by atoms with Crippen molar-refractivity contribution in [3.63, 3.8) is 0 Å². The monoisotopic (exact) mass is 142 g/mol. The van der Waals surface area contributed by atoms with Gasteiger partial charge in [-0.25, -0.2) is 0 Å². The largest absolute Gasteiger partial charge is 0.276 e.